The molecule has 3 heterocycles. The molecule has 0 amide bonds. The summed E-state index contributed by atoms with van der Waals surface area (Å²) in [6.07, 6.45) is -0.233. The number of hydrogen-bond donors (Lipinski definition) is 0. The number of carbonyl (C=O) groups is 1. The Morgan fingerprint density at radius 3 is 2.50 bits per heavy atom. The number of hydrogen-bond acceptors (Lipinski definition) is 8. The molecule has 2 saturated heterocycles. The maximum absolute atomic E-state index is 15.1. The molecular weight excluding hydrogens is 416 g/mol. The van der Waals surface area contributed by atoms with Gasteiger partial charge < -0.3 is 19.1 Å². The van der Waals surface area contributed by atoms with Crippen LogP contribution >= 0.6 is 11.3 Å². The lowest BCUT2D eigenvalue weighted by Crippen LogP contribution is -2.46. The molecule has 0 aliphatic carbocycles. The Balaban J connectivity index is 1.69. The van der Waals surface area contributed by atoms with Gasteiger partial charge >= 0.3 is 0 Å². The minimum Gasteiger partial charge on any atom is -0.372 e. The summed E-state index contributed by atoms with van der Waals surface area (Å²) in [6.45, 7) is 8.29. The van der Waals surface area contributed by atoms with Crippen LogP contribution in [0.15, 0.2) is 6.07 Å². The quantitative estimate of drug-likeness (QED) is 0.672. The molecule has 1 aromatic heterocycles. The molecule has 2 aromatic rings. The van der Waals surface area contributed by atoms with Crippen molar-refractivity contribution in [2.45, 2.75) is 51.8 Å². The molecule has 3 atom stereocenters. The van der Waals surface area contributed by atoms with Crippen molar-refractivity contribution in [3.8, 4) is 10.6 Å². The summed E-state index contributed by atoms with van der Waals surface area (Å²) >= 11 is 1.08. The zero-order valence-electron chi connectivity index (χ0n) is 17.1. The van der Waals surface area contributed by atoms with Crippen LogP contribution in [0.25, 0.3) is 10.6 Å². The highest BCUT2D eigenvalue weighted by Crippen LogP contribution is 2.39. The molecule has 0 N–H and O–H groups in total. The minimum absolute atomic E-state index is 0.0488. The predicted octanol–water partition coefficient (Wildman–Crippen LogP) is 3.73. The smallest absolute Gasteiger partial charge is 0.183 e. The van der Waals surface area contributed by atoms with Crippen LogP contribution < -0.4 is 4.90 Å². The van der Waals surface area contributed by atoms with E-state index >= 15 is 8.78 Å². The van der Waals surface area contributed by atoms with Gasteiger partial charge in [-0.1, -0.05) is 11.3 Å². The number of nitrogens with zero attached hydrogens (tertiary/aromatic N) is 3. The molecule has 10 heteroatoms. The molecule has 0 spiro atoms. The summed E-state index contributed by atoms with van der Waals surface area (Å²) in [5, 5.41) is 8.73. The lowest BCUT2D eigenvalue weighted by molar-refractivity contribution is -0.139. The normalized spacial score (nSPS) is 26.2. The maximum Gasteiger partial charge on any atom is 0.183 e. The van der Waals surface area contributed by atoms with E-state index in [1.807, 2.05) is 13.8 Å². The van der Waals surface area contributed by atoms with Crippen LogP contribution in [0.5, 0.6) is 0 Å². The fourth-order valence-corrected chi connectivity index (χ4v) is 4.71. The monoisotopic (exact) mass is 439 g/mol. The maximum atomic E-state index is 15.1. The number of carbonyl (C=O) groups excluding carboxylic acids is 1. The third-order valence-electron chi connectivity index (χ3n) is 5.03. The second-order valence-electron chi connectivity index (χ2n) is 8.03. The Kier molecular flexibility index (Phi) is 5.60. The number of halogens is 2. The zero-order chi connectivity index (χ0) is 21.6. The first-order valence-electron chi connectivity index (χ1n) is 9.71. The minimum atomic E-state index is -1.07. The Morgan fingerprint density at radius 1 is 1.20 bits per heavy atom. The summed E-state index contributed by atoms with van der Waals surface area (Å²) < 4.78 is 47.1. The van der Waals surface area contributed by atoms with E-state index in [1.54, 1.807) is 18.7 Å². The van der Waals surface area contributed by atoms with Gasteiger partial charge in [0, 0.05) is 18.7 Å². The van der Waals surface area contributed by atoms with E-state index in [-0.39, 0.29) is 34.0 Å². The molecule has 4 rings (SSSR count). The molecule has 0 saturated carbocycles. The van der Waals surface area contributed by atoms with Gasteiger partial charge in [0.2, 0.25) is 0 Å². The second kappa shape index (κ2) is 7.92. The number of ether oxygens (including phenoxy) is 3. The van der Waals surface area contributed by atoms with Crippen molar-refractivity contribution in [1.29, 1.82) is 0 Å². The van der Waals surface area contributed by atoms with Crippen molar-refractivity contribution in [3.05, 3.63) is 28.3 Å². The number of aromatic nitrogens is 2. The number of aldehydes is 1. The van der Waals surface area contributed by atoms with Gasteiger partial charge in [-0.15, -0.1) is 10.2 Å². The first-order chi connectivity index (χ1) is 14.2. The van der Waals surface area contributed by atoms with E-state index in [9.17, 15) is 4.79 Å². The highest BCUT2D eigenvalue weighted by molar-refractivity contribution is 7.14. The van der Waals surface area contributed by atoms with Gasteiger partial charge in [-0.2, -0.15) is 0 Å². The van der Waals surface area contributed by atoms with Crippen LogP contribution in [0.3, 0.4) is 0 Å². The third kappa shape index (κ3) is 3.96. The van der Waals surface area contributed by atoms with E-state index in [4.69, 9.17) is 14.2 Å². The van der Waals surface area contributed by atoms with Gasteiger partial charge in [-0.25, -0.2) is 8.78 Å². The fraction of sp³-hybridized carbons (Fsp3) is 0.550. The fourth-order valence-electron chi connectivity index (χ4n) is 3.85. The van der Waals surface area contributed by atoms with Crippen molar-refractivity contribution in [2.75, 3.05) is 24.6 Å². The molecule has 162 valence electrons. The molecule has 2 aliphatic rings. The van der Waals surface area contributed by atoms with E-state index in [1.165, 1.54) is 6.07 Å². The molecule has 30 heavy (non-hydrogen) atoms. The van der Waals surface area contributed by atoms with Crippen LogP contribution in [-0.4, -0.2) is 54.2 Å². The molecule has 0 radical (unpaired) electrons. The zero-order valence-corrected chi connectivity index (χ0v) is 18.0. The van der Waals surface area contributed by atoms with E-state index in [0.29, 0.717) is 31.0 Å². The number of morpholine rings is 1. The first-order valence-corrected chi connectivity index (χ1v) is 10.5. The molecule has 3 unspecified atom stereocenters. The predicted molar refractivity (Wildman–Crippen MR) is 107 cm³/mol. The van der Waals surface area contributed by atoms with Gasteiger partial charge in [0.05, 0.1) is 30.1 Å². The van der Waals surface area contributed by atoms with E-state index in [2.05, 4.69) is 10.2 Å². The summed E-state index contributed by atoms with van der Waals surface area (Å²) in [7, 11) is 0. The van der Waals surface area contributed by atoms with Crippen molar-refractivity contribution in [3.63, 3.8) is 0 Å². The van der Waals surface area contributed by atoms with Crippen LogP contribution in [0.4, 0.5) is 14.5 Å². The number of benzene rings is 1. The van der Waals surface area contributed by atoms with Gasteiger partial charge in [0.15, 0.2) is 28.7 Å². The third-order valence-corrected chi connectivity index (χ3v) is 6.08. The summed E-state index contributed by atoms with van der Waals surface area (Å²) in [5.41, 5.74) is -0.0922. The highest BCUT2D eigenvalue weighted by Gasteiger charge is 2.36. The van der Waals surface area contributed by atoms with Crippen molar-refractivity contribution < 1.29 is 27.8 Å². The SMILES string of the molecule is CC1CN(c2c(C=O)cc(-c3nnc(C4COC(C)(C)O4)s3)c(F)c2F)CC(C)O1. The van der Waals surface area contributed by atoms with Crippen LogP contribution in [-0.2, 0) is 14.2 Å². The number of anilines is 1. The molecular formula is C20H23F2N3O4S. The van der Waals surface area contributed by atoms with Crippen LogP contribution in [0.2, 0.25) is 0 Å². The van der Waals surface area contributed by atoms with Crippen LogP contribution in [0.1, 0.15) is 49.2 Å². The lowest BCUT2D eigenvalue weighted by atomic mass is 10.1. The highest BCUT2D eigenvalue weighted by atomic mass is 32.1. The molecule has 7 nitrogen and oxygen atoms in total. The van der Waals surface area contributed by atoms with Gasteiger partial charge in [-0.05, 0) is 33.8 Å². The topological polar surface area (TPSA) is 73.8 Å². The molecule has 2 aliphatic heterocycles. The molecule has 1 aromatic carbocycles. The summed E-state index contributed by atoms with van der Waals surface area (Å²) in [5.74, 6) is -2.88. The average Bonchev–Trinajstić information content (AvgIpc) is 3.29. The molecule has 2 fully saturated rings. The Morgan fingerprint density at radius 2 is 1.90 bits per heavy atom. The van der Waals surface area contributed by atoms with E-state index < -0.39 is 23.5 Å². The lowest BCUT2D eigenvalue weighted by Gasteiger charge is -2.37. The first kappa shape index (κ1) is 21.2. The van der Waals surface area contributed by atoms with Gasteiger partial charge in [0.25, 0.3) is 0 Å². The average molecular weight is 439 g/mol. The largest absolute Gasteiger partial charge is 0.372 e. The Hall–Kier alpha value is -2.01. The Bertz CT molecular complexity index is 958. The standard InChI is InChI=1S/C20H23F2N3O4S/c1-10-6-25(7-11(2)28-10)17-12(8-26)5-13(15(21)16(17)22)18-23-24-19(30-18)14-9-27-20(3,4)29-14/h5,8,10-11,14H,6-7,9H2,1-4H3. The van der Waals surface area contributed by atoms with Gasteiger partial charge in [-0.3, -0.25) is 4.79 Å². The second-order valence-corrected chi connectivity index (χ2v) is 9.04. The summed E-state index contributed by atoms with van der Waals surface area (Å²) in [6, 6.07) is 1.33. The van der Waals surface area contributed by atoms with Crippen molar-refractivity contribution in [1.82, 2.24) is 10.2 Å². The summed E-state index contributed by atoms with van der Waals surface area (Å²) in [4.78, 5) is 13.4. The van der Waals surface area contributed by atoms with Crippen molar-refractivity contribution in [2.24, 2.45) is 0 Å². The Labute approximate surface area is 176 Å². The van der Waals surface area contributed by atoms with Crippen molar-refractivity contribution >= 4 is 23.3 Å². The van der Waals surface area contributed by atoms with E-state index in [0.717, 1.165) is 11.3 Å². The molecule has 0 bridgehead atoms. The van der Waals surface area contributed by atoms with Crippen LogP contribution in [0, 0.1) is 11.6 Å². The van der Waals surface area contributed by atoms with Gasteiger partial charge in [0.1, 0.15) is 11.1 Å². The number of rotatable bonds is 4.